The standard InChI is InChI=1S/C42H33B2I2NS4/c1-20-5-9-26-28(15-20)48-39(33(26)45)37-32(44)30(24-7-8-24)35(50-37)25-11-12-42(17-21(25)2,19-41(4)13-14-41)40-22(3)31(43)36(51-40)38-34(46)27-10-6-23(18-47)16-29(27)49-38/h5-6,9-11,15-17,24H,7-8,12-14,19H2,1-4H3. The third-order valence-electron chi connectivity index (χ3n) is 11.2. The second-order valence-electron chi connectivity index (χ2n) is 15.3. The van der Waals surface area contributed by atoms with Gasteiger partial charge in [0.25, 0.3) is 0 Å². The Morgan fingerprint density at radius 3 is 2.10 bits per heavy atom. The van der Waals surface area contributed by atoms with Gasteiger partial charge in [-0.25, -0.2) is 0 Å². The minimum atomic E-state index is -0.111. The summed E-state index contributed by atoms with van der Waals surface area (Å²) in [6.07, 6.45) is 12.3. The van der Waals surface area contributed by atoms with Crippen LogP contribution in [0, 0.1) is 37.7 Å². The van der Waals surface area contributed by atoms with Crippen LogP contribution in [0.4, 0.5) is 0 Å². The van der Waals surface area contributed by atoms with Crippen molar-refractivity contribution in [3.8, 4) is 25.6 Å². The van der Waals surface area contributed by atoms with E-state index in [9.17, 15) is 5.26 Å². The van der Waals surface area contributed by atoms with E-state index in [-0.39, 0.29) is 5.41 Å². The van der Waals surface area contributed by atoms with Gasteiger partial charge in [0.15, 0.2) is 0 Å². The number of aryl methyl sites for hydroxylation is 1. The summed E-state index contributed by atoms with van der Waals surface area (Å²) in [5, 5.41) is 12.1. The topological polar surface area (TPSA) is 23.8 Å². The first-order chi connectivity index (χ1) is 24.4. The number of hydrogen-bond acceptors (Lipinski definition) is 5. The van der Waals surface area contributed by atoms with Crippen LogP contribution in [0.25, 0.3) is 45.3 Å². The summed E-state index contributed by atoms with van der Waals surface area (Å²) in [7, 11) is 14.3. The van der Waals surface area contributed by atoms with Crippen molar-refractivity contribution in [3.63, 3.8) is 0 Å². The van der Waals surface area contributed by atoms with Gasteiger partial charge in [-0.2, -0.15) is 5.26 Å². The van der Waals surface area contributed by atoms with Gasteiger partial charge in [0.05, 0.1) is 21.4 Å². The molecule has 51 heavy (non-hydrogen) atoms. The van der Waals surface area contributed by atoms with Crippen molar-refractivity contribution in [2.24, 2.45) is 5.41 Å². The molecule has 0 saturated heterocycles. The largest absolute Gasteiger partial charge is 0.192 e. The normalized spacial score (nSPS) is 19.8. The average Bonchev–Trinajstić information content (AvgIpc) is 3.96. The molecule has 1 unspecified atom stereocenters. The Kier molecular flexibility index (Phi) is 8.72. The molecule has 4 aromatic heterocycles. The van der Waals surface area contributed by atoms with Crippen LogP contribution in [0.3, 0.4) is 0 Å². The highest BCUT2D eigenvalue weighted by Crippen LogP contribution is 2.59. The molecule has 1 atom stereocenters. The van der Waals surface area contributed by atoms with Gasteiger partial charge in [-0.15, -0.1) is 45.3 Å². The van der Waals surface area contributed by atoms with E-state index >= 15 is 0 Å². The van der Waals surface area contributed by atoms with Crippen LogP contribution in [0.15, 0.2) is 54.1 Å². The van der Waals surface area contributed by atoms with Gasteiger partial charge >= 0.3 is 0 Å². The summed E-state index contributed by atoms with van der Waals surface area (Å²) in [6.45, 7) is 9.22. The Hall–Kier alpha value is -1.68. The molecule has 2 saturated carbocycles. The van der Waals surface area contributed by atoms with E-state index in [2.05, 4.69) is 115 Å². The lowest BCUT2D eigenvalue weighted by molar-refractivity contribution is 0.377. The molecule has 9 heteroatoms. The molecule has 250 valence electrons. The minimum absolute atomic E-state index is 0.111. The van der Waals surface area contributed by atoms with Crippen LogP contribution in [-0.2, 0) is 5.41 Å². The van der Waals surface area contributed by atoms with Crippen molar-refractivity contribution in [3.05, 3.63) is 93.3 Å². The molecule has 0 bridgehead atoms. The highest BCUT2D eigenvalue weighted by molar-refractivity contribution is 14.1. The summed E-state index contributed by atoms with van der Waals surface area (Å²) in [5.41, 5.74) is 9.48. The molecule has 0 aliphatic heterocycles. The highest BCUT2D eigenvalue weighted by atomic mass is 127. The van der Waals surface area contributed by atoms with Crippen LogP contribution in [0.5, 0.6) is 0 Å². The molecule has 0 spiro atoms. The molecule has 4 heterocycles. The van der Waals surface area contributed by atoms with E-state index in [1.165, 1.54) is 105 Å². The van der Waals surface area contributed by atoms with Crippen molar-refractivity contribution >= 4 is 143 Å². The van der Waals surface area contributed by atoms with E-state index in [0.29, 0.717) is 16.9 Å². The number of hydrogen-bond donors (Lipinski definition) is 0. The van der Waals surface area contributed by atoms with E-state index in [0.717, 1.165) is 28.5 Å². The fourth-order valence-corrected chi connectivity index (χ4v) is 16.5. The maximum atomic E-state index is 9.54. The zero-order valence-electron chi connectivity index (χ0n) is 28.9. The Morgan fingerprint density at radius 2 is 1.47 bits per heavy atom. The number of rotatable bonds is 7. The summed E-state index contributed by atoms with van der Waals surface area (Å²) >= 11 is 12.5. The quantitative estimate of drug-likeness (QED) is 0.116. The van der Waals surface area contributed by atoms with Gasteiger partial charge in [-0.3, -0.25) is 0 Å². The maximum Gasteiger partial charge on any atom is 0.116 e. The molecule has 9 rings (SSSR count). The Labute approximate surface area is 346 Å². The zero-order valence-corrected chi connectivity index (χ0v) is 36.5. The van der Waals surface area contributed by atoms with Crippen molar-refractivity contribution < 1.29 is 0 Å². The minimum Gasteiger partial charge on any atom is -0.192 e. The first-order valence-corrected chi connectivity index (χ1v) is 22.9. The molecule has 0 amide bonds. The molecule has 1 nitrogen and oxygen atoms in total. The van der Waals surface area contributed by atoms with Crippen LogP contribution in [0.2, 0.25) is 0 Å². The summed E-state index contributed by atoms with van der Waals surface area (Å²) in [5.74, 6) is 0.556. The first kappa shape index (κ1) is 35.0. The first-order valence-electron chi connectivity index (χ1n) is 17.4. The Morgan fingerprint density at radius 1 is 0.824 bits per heavy atom. The molecule has 4 radical (unpaired) electrons. The maximum absolute atomic E-state index is 9.54. The van der Waals surface area contributed by atoms with Gasteiger partial charge in [0.1, 0.15) is 15.7 Å². The number of fused-ring (bicyclic) bond motifs is 2. The zero-order chi connectivity index (χ0) is 35.6. The number of thiophene rings is 4. The Balaban J connectivity index is 1.15. The van der Waals surface area contributed by atoms with E-state index in [1.54, 1.807) is 11.3 Å². The molecule has 0 N–H and O–H groups in total. The molecule has 6 aromatic rings. The average molecular weight is 955 g/mol. The van der Waals surface area contributed by atoms with E-state index in [4.69, 9.17) is 15.7 Å². The predicted molar refractivity (Wildman–Crippen MR) is 243 cm³/mol. The fraction of sp³-hybridized carbons (Fsp3) is 0.310. The van der Waals surface area contributed by atoms with Crippen LogP contribution in [0.1, 0.15) is 90.3 Å². The predicted octanol–water partition coefficient (Wildman–Crippen LogP) is 12.6. The lowest BCUT2D eigenvalue weighted by atomic mass is 9.68. The molecule has 2 fully saturated rings. The van der Waals surface area contributed by atoms with Gasteiger partial charge in [-0.1, -0.05) is 48.2 Å². The van der Waals surface area contributed by atoms with Crippen LogP contribution < -0.4 is 10.9 Å². The number of benzene rings is 2. The van der Waals surface area contributed by atoms with Crippen LogP contribution >= 0.6 is 90.5 Å². The summed E-state index contributed by atoms with van der Waals surface area (Å²) < 4.78 is 5.02. The number of nitrogens with zero attached hydrogens (tertiary/aromatic N) is 1. The van der Waals surface area contributed by atoms with Crippen molar-refractivity contribution in [1.29, 1.82) is 5.26 Å². The third kappa shape index (κ3) is 5.83. The monoisotopic (exact) mass is 955 g/mol. The van der Waals surface area contributed by atoms with Crippen molar-refractivity contribution in [1.82, 2.24) is 0 Å². The van der Waals surface area contributed by atoms with Crippen LogP contribution in [-0.4, -0.2) is 15.7 Å². The van der Waals surface area contributed by atoms with Gasteiger partial charge < -0.3 is 0 Å². The molecule has 3 aliphatic rings. The van der Waals surface area contributed by atoms with Crippen molar-refractivity contribution in [2.75, 3.05) is 0 Å². The highest BCUT2D eigenvalue weighted by Gasteiger charge is 2.48. The lowest BCUT2D eigenvalue weighted by Gasteiger charge is -2.37. The van der Waals surface area contributed by atoms with Gasteiger partial charge in [0.2, 0.25) is 0 Å². The molecular weight excluding hydrogens is 922 g/mol. The number of halogens is 2. The summed E-state index contributed by atoms with van der Waals surface area (Å²) in [6, 6.07) is 15.1. The SMILES string of the molecule is [B]c1c(-c2sc3cc(C#N)ccc3c2I)sc(C2(CC3(C)CC3)C=C(C)C(c3sc(-c4sc5cc(C)ccc5c4I)c([B])c3C3CC3)=CC2)c1C. The fourth-order valence-electron chi connectivity index (χ4n) is 8.15. The lowest BCUT2D eigenvalue weighted by Crippen LogP contribution is -2.29. The molecule has 3 aliphatic carbocycles. The smallest absolute Gasteiger partial charge is 0.116 e. The van der Waals surface area contributed by atoms with Crippen molar-refractivity contribution in [2.45, 2.75) is 77.6 Å². The number of allylic oxidation sites excluding steroid dienone is 4. The molecule has 2 aromatic carbocycles. The van der Waals surface area contributed by atoms with Gasteiger partial charge in [0, 0.05) is 52.2 Å². The van der Waals surface area contributed by atoms with E-state index < -0.39 is 0 Å². The summed E-state index contributed by atoms with van der Waals surface area (Å²) in [4.78, 5) is 7.75. The second kappa shape index (κ2) is 12.7. The number of nitriles is 1. The Bertz CT molecular complexity index is 2560. The third-order valence-corrected chi connectivity index (χ3v) is 19.6. The second-order valence-corrected chi connectivity index (χ2v) is 21.6. The molecular formula is C42H33B2I2NS4. The van der Waals surface area contributed by atoms with Gasteiger partial charge in [-0.05, 0) is 162 Å². The van der Waals surface area contributed by atoms with E-state index in [1.807, 2.05) is 46.1 Å².